The SMILES string of the molecule is COc1ccc(Cc2nn(-c3ccc(Br)cc3)c3c2CCCCN3)cc1. The van der Waals surface area contributed by atoms with Crippen molar-refractivity contribution in [2.24, 2.45) is 0 Å². The van der Waals surface area contributed by atoms with Crippen molar-refractivity contribution in [3.8, 4) is 11.4 Å². The van der Waals surface area contributed by atoms with E-state index in [-0.39, 0.29) is 0 Å². The second-order valence-electron chi connectivity index (χ2n) is 6.57. The van der Waals surface area contributed by atoms with Gasteiger partial charge >= 0.3 is 0 Å². The number of methoxy groups -OCH3 is 1. The van der Waals surface area contributed by atoms with Crippen LogP contribution in [0, 0.1) is 0 Å². The van der Waals surface area contributed by atoms with Crippen molar-refractivity contribution in [2.75, 3.05) is 19.0 Å². The summed E-state index contributed by atoms with van der Waals surface area (Å²) in [6.45, 7) is 0.997. The molecule has 0 spiro atoms. The first-order chi connectivity index (χ1) is 12.7. The third kappa shape index (κ3) is 3.49. The van der Waals surface area contributed by atoms with Gasteiger partial charge in [-0.05, 0) is 61.2 Å². The zero-order chi connectivity index (χ0) is 17.9. The fraction of sp³-hybridized carbons (Fsp3) is 0.286. The zero-order valence-electron chi connectivity index (χ0n) is 14.8. The first-order valence-electron chi connectivity index (χ1n) is 8.98. The maximum atomic E-state index is 5.26. The van der Waals surface area contributed by atoms with Crippen LogP contribution >= 0.6 is 15.9 Å². The standard InChI is InChI=1S/C21H22BrN3O/c1-26-18-11-5-15(6-12-18)14-20-19-4-2-3-13-23-21(19)25(24-20)17-9-7-16(22)8-10-17/h5-12,23H,2-4,13-14H2,1H3. The molecule has 5 heteroatoms. The largest absolute Gasteiger partial charge is 0.497 e. The van der Waals surface area contributed by atoms with Gasteiger partial charge in [0.25, 0.3) is 0 Å². The molecule has 2 aromatic carbocycles. The molecule has 0 radical (unpaired) electrons. The summed E-state index contributed by atoms with van der Waals surface area (Å²) in [6, 6.07) is 16.6. The third-order valence-electron chi connectivity index (χ3n) is 4.81. The van der Waals surface area contributed by atoms with Gasteiger partial charge in [-0.25, -0.2) is 4.68 Å². The molecule has 4 nitrogen and oxygen atoms in total. The number of aromatic nitrogens is 2. The predicted molar refractivity (Wildman–Crippen MR) is 108 cm³/mol. The number of anilines is 1. The summed E-state index contributed by atoms with van der Waals surface area (Å²) in [4.78, 5) is 0. The van der Waals surface area contributed by atoms with Gasteiger partial charge in [0.05, 0.1) is 18.5 Å². The molecule has 0 unspecified atom stereocenters. The topological polar surface area (TPSA) is 39.1 Å². The van der Waals surface area contributed by atoms with E-state index in [4.69, 9.17) is 9.84 Å². The molecule has 26 heavy (non-hydrogen) atoms. The first-order valence-corrected chi connectivity index (χ1v) is 9.77. The molecule has 2 heterocycles. The molecule has 0 saturated carbocycles. The van der Waals surface area contributed by atoms with E-state index in [0.717, 1.165) is 46.8 Å². The Labute approximate surface area is 162 Å². The molecule has 4 rings (SSSR count). The van der Waals surface area contributed by atoms with E-state index in [1.165, 1.54) is 24.0 Å². The quantitative estimate of drug-likeness (QED) is 0.657. The Kier molecular flexibility index (Phi) is 4.98. The minimum absolute atomic E-state index is 0.831. The highest BCUT2D eigenvalue weighted by Gasteiger charge is 2.20. The van der Waals surface area contributed by atoms with Crippen LogP contribution in [0.4, 0.5) is 5.82 Å². The summed E-state index contributed by atoms with van der Waals surface area (Å²) >= 11 is 3.51. The number of nitrogens with one attached hydrogen (secondary N) is 1. The van der Waals surface area contributed by atoms with E-state index < -0.39 is 0 Å². The smallest absolute Gasteiger partial charge is 0.133 e. The summed E-state index contributed by atoms with van der Waals surface area (Å²) in [6.07, 6.45) is 4.29. The fourth-order valence-electron chi connectivity index (χ4n) is 3.42. The molecule has 0 bridgehead atoms. The van der Waals surface area contributed by atoms with Gasteiger partial charge in [0.15, 0.2) is 0 Å². The summed E-state index contributed by atoms with van der Waals surface area (Å²) in [5.41, 5.74) is 4.84. The highest BCUT2D eigenvalue weighted by atomic mass is 79.9. The number of ether oxygens (including phenoxy) is 1. The highest BCUT2D eigenvalue weighted by Crippen LogP contribution is 2.30. The van der Waals surface area contributed by atoms with E-state index in [9.17, 15) is 0 Å². The van der Waals surface area contributed by atoms with Gasteiger partial charge < -0.3 is 10.1 Å². The number of hydrogen-bond donors (Lipinski definition) is 1. The van der Waals surface area contributed by atoms with Crippen LogP contribution in [-0.2, 0) is 12.8 Å². The number of benzene rings is 2. The lowest BCUT2D eigenvalue weighted by atomic mass is 10.0. The van der Waals surface area contributed by atoms with Gasteiger partial charge in [-0.1, -0.05) is 28.1 Å². The Morgan fingerprint density at radius 2 is 1.85 bits per heavy atom. The Morgan fingerprint density at radius 1 is 1.08 bits per heavy atom. The molecule has 0 amide bonds. The monoisotopic (exact) mass is 411 g/mol. The predicted octanol–water partition coefficient (Wildman–Crippen LogP) is 4.98. The van der Waals surface area contributed by atoms with Crippen molar-refractivity contribution < 1.29 is 4.74 Å². The Bertz CT molecular complexity index is 885. The molecule has 1 aromatic heterocycles. The molecule has 1 aliphatic heterocycles. The van der Waals surface area contributed by atoms with Crippen LogP contribution in [0.3, 0.4) is 0 Å². The maximum Gasteiger partial charge on any atom is 0.133 e. The minimum Gasteiger partial charge on any atom is -0.497 e. The molecule has 3 aromatic rings. The molecule has 0 atom stereocenters. The van der Waals surface area contributed by atoms with E-state index in [0.29, 0.717) is 0 Å². The van der Waals surface area contributed by atoms with Crippen LogP contribution in [0.2, 0.25) is 0 Å². The van der Waals surface area contributed by atoms with Crippen LogP contribution in [0.1, 0.15) is 29.7 Å². The van der Waals surface area contributed by atoms with E-state index in [2.05, 4.69) is 62.3 Å². The lowest BCUT2D eigenvalue weighted by Gasteiger charge is -2.09. The lowest BCUT2D eigenvalue weighted by Crippen LogP contribution is -2.07. The Balaban J connectivity index is 1.72. The van der Waals surface area contributed by atoms with Crippen LogP contribution in [0.25, 0.3) is 5.69 Å². The molecule has 0 fully saturated rings. The van der Waals surface area contributed by atoms with Crippen molar-refractivity contribution in [3.63, 3.8) is 0 Å². The highest BCUT2D eigenvalue weighted by molar-refractivity contribution is 9.10. The Morgan fingerprint density at radius 3 is 2.58 bits per heavy atom. The second-order valence-corrected chi connectivity index (χ2v) is 7.49. The van der Waals surface area contributed by atoms with Gasteiger partial charge in [-0.2, -0.15) is 5.10 Å². The van der Waals surface area contributed by atoms with Gasteiger partial charge in [-0.15, -0.1) is 0 Å². The molecule has 0 aliphatic carbocycles. The second kappa shape index (κ2) is 7.54. The first kappa shape index (κ1) is 17.2. The van der Waals surface area contributed by atoms with E-state index >= 15 is 0 Å². The van der Waals surface area contributed by atoms with E-state index in [1.54, 1.807) is 7.11 Å². The van der Waals surface area contributed by atoms with Gasteiger partial charge in [0.1, 0.15) is 11.6 Å². The van der Waals surface area contributed by atoms with Gasteiger partial charge in [0.2, 0.25) is 0 Å². The normalized spacial score (nSPS) is 13.6. The van der Waals surface area contributed by atoms with Crippen LogP contribution in [-0.4, -0.2) is 23.4 Å². The summed E-state index contributed by atoms with van der Waals surface area (Å²) in [5.74, 6) is 2.03. The summed E-state index contributed by atoms with van der Waals surface area (Å²) in [7, 11) is 1.69. The van der Waals surface area contributed by atoms with Crippen molar-refractivity contribution in [1.82, 2.24) is 9.78 Å². The van der Waals surface area contributed by atoms with Crippen LogP contribution in [0.5, 0.6) is 5.75 Å². The molecular formula is C21H22BrN3O. The molecule has 134 valence electrons. The van der Waals surface area contributed by atoms with Crippen LogP contribution < -0.4 is 10.1 Å². The number of halogens is 1. The van der Waals surface area contributed by atoms with Crippen LogP contribution in [0.15, 0.2) is 53.0 Å². The average molecular weight is 412 g/mol. The third-order valence-corrected chi connectivity index (χ3v) is 5.34. The van der Waals surface area contributed by atoms with Crippen molar-refractivity contribution >= 4 is 21.7 Å². The van der Waals surface area contributed by atoms with Gasteiger partial charge in [-0.3, -0.25) is 0 Å². The number of hydrogen-bond acceptors (Lipinski definition) is 3. The van der Waals surface area contributed by atoms with Gasteiger partial charge in [0, 0.05) is 23.0 Å². The molecule has 0 saturated heterocycles. The number of nitrogens with zero attached hydrogens (tertiary/aromatic N) is 2. The lowest BCUT2D eigenvalue weighted by molar-refractivity contribution is 0.414. The van der Waals surface area contributed by atoms with E-state index in [1.807, 2.05) is 12.1 Å². The number of rotatable bonds is 4. The van der Waals surface area contributed by atoms with Crippen molar-refractivity contribution in [1.29, 1.82) is 0 Å². The molecule has 1 N–H and O–H groups in total. The summed E-state index contributed by atoms with van der Waals surface area (Å²) < 4.78 is 8.40. The zero-order valence-corrected chi connectivity index (χ0v) is 16.4. The fourth-order valence-corrected chi connectivity index (χ4v) is 3.69. The van der Waals surface area contributed by atoms with Crippen molar-refractivity contribution in [3.05, 3.63) is 69.8 Å². The molecular weight excluding hydrogens is 390 g/mol. The molecule has 1 aliphatic rings. The summed E-state index contributed by atoms with van der Waals surface area (Å²) in [5, 5.41) is 8.58. The number of fused-ring (bicyclic) bond motifs is 1. The Hall–Kier alpha value is -2.27. The maximum absolute atomic E-state index is 5.26. The minimum atomic E-state index is 0.831. The van der Waals surface area contributed by atoms with Crippen molar-refractivity contribution in [2.45, 2.75) is 25.7 Å². The average Bonchev–Trinajstić information content (AvgIpc) is 2.84.